The molecule has 0 atom stereocenters. The van der Waals surface area contributed by atoms with Crippen LogP contribution in [0.4, 0.5) is 17.6 Å². The third kappa shape index (κ3) is 15.3. The number of benzene rings is 8. The van der Waals surface area contributed by atoms with E-state index < -0.39 is 22.2 Å². The molecule has 24 heteroatoms. The van der Waals surface area contributed by atoms with Gasteiger partial charge >= 0.3 is 0 Å². The molecule has 0 fully saturated rings. The van der Waals surface area contributed by atoms with E-state index in [-0.39, 0.29) is 23.3 Å². The van der Waals surface area contributed by atoms with E-state index in [4.69, 9.17) is 68.9 Å². The second-order valence-electron chi connectivity index (χ2n) is 23.1. The Labute approximate surface area is 546 Å². The van der Waals surface area contributed by atoms with E-state index in [1.54, 1.807) is 125 Å². The monoisotopic (exact) mass is 1310 g/mol. The zero-order valence-electron chi connectivity index (χ0n) is 50.6. The van der Waals surface area contributed by atoms with Gasteiger partial charge in [0.05, 0.1) is 110 Å². The number of para-hydroxylation sites is 4. The molecule has 12 rings (SSSR count). The van der Waals surface area contributed by atoms with Crippen molar-refractivity contribution in [2.45, 2.75) is 77.5 Å². The molecule has 0 saturated carbocycles. The second-order valence-corrected chi connectivity index (χ2v) is 24.7. The molecule has 4 aromatic heterocycles. The van der Waals surface area contributed by atoms with Crippen LogP contribution in [0.1, 0.15) is 78.2 Å². The van der Waals surface area contributed by atoms with Gasteiger partial charge < -0.3 is 11.5 Å². The third-order valence-electron chi connectivity index (χ3n) is 13.9. The molecule has 16 nitrogen and oxygen atoms in total. The lowest BCUT2D eigenvalue weighted by Crippen LogP contribution is -2.31. The topological polar surface area (TPSA) is 253 Å². The van der Waals surface area contributed by atoms with Crippen LogP contribution in [0, 0.1) is 23.3 Å². The van der Waals surface area contributed by atoms with Gasteiger partial charge in [0.15, 0.2) is 0 Å². The van der Waals surface area contributed by atoms with Crippen molar-refractivity contribution in [3.63, 3.8) is 0 Å². The summed E-state index contributed by atoms with van der Waals surface area (Å²) in [5, 5.41) is 9.55. The largest absolute Gasteiger partial charge is 0.321 e. The molecule has 0 aliphatic heterocycles. The van der Waals surface area contributed by atoms with Gasteiger partial charge in [0.25, 0.3) is 0 Å². The number of halogens is 8. The van der Waals surface area contributed by atoms with Crippen LogP contribution in [0.3, 0.4) is 0 Å². The molecule has 0 aliphatic rings. The highest BCUT2D eigenvalue weighted by Crippen LogP contribution is 2.39. The van der Waals surface area contributed by atoms with Gasteiger partial charge in [-0.05, 0) is 164 Å². The SMILES string of the molecule is CC(C)(N)c1nc2c(Cl)cccc2nc1-c1cccc(F)c1.CC(C)(N)c1nc2cccc(Cl)c2nc1-c1cccc(F)c1.CC(C)(N=[N+]=[N-])c1nc2c(Cl)cccc2nc1-c1cccc(F)c1.CC(C)(N=[N+]=[N-])c1nc2cccc(Cl)c2nc1-c1cccc(F)c1. The summed E-state index contributed by atoms with van der Waals surface area (Å²) in [6, 6.07) is 45.9. The van der Waals surface area contributed by atoms with E-state index >= 15 is 0 Å². The fraction of sp³-hybridized carbons (Fsp3) is 0.176. The predicted molar refractivity (Wildman–Crippen MR) is 359 cm³/mol. The molecule has 4 heterocycles. The van der Waals surface area contributed by atoms with E-state index in [1.165, 1.54) is 48.5 Å². The van der Waals surface area contributed by atoms with Crippen LogP contribution in [0.15, 0.2) is 180 Å². The molecule has 0 amide bonds. The molecule has 0 unspecified atom stereocenters. The molecule has 0 spiro atoms. The zero-order chi connectivity index (χ0) is 66.5. The number of nitrogens with two attached hydrogens (primary N) is 2. The van der Waals surface area contributed by atoms with Crippen molar-refractivity contribution in [1.82, 2.24) is 39.9 Å². The first kappa shape index (κ1) is 66.9. The van der Waals surface area contributed by atoms with Crippen LogP contribution < -0.4 is 11.5 Å². The molecule has 0 radical (unpaired) electrons. The lowest BCUT2D eigenvalue weighted by Gasteiger charge is -2.22. The maximum absolute atomic E-state index is 13.7. The maximum Gasteiger partial charge on any atom is 0.123 e. The highest BCUT2D eigenvalue weighted by Gasteiger charge is 2.30. The normalized spacial score (nSPS) is 11.6. The van der Waals surface area contributed by atoms with E-state index in [0.717, 1.165) is 0 Å². The van der Waals surface area contributed by atoms with Crippen molar-refractivity contribution in [3.8, 4) is 45.0 Å². The van der Waals surface area contributed by atoms with Gasteiger partial charge in [-0.25, -0.2) is 57.4 Å². The molecule has 464 valence electrons. The molecule has 92 heavy (non-hydrogen) atoms. The van der Waals surface area contributed by atoms with Crippen molar-refractivity contribution in [1.29, 1.82) is 0 Å². The Morgan fingerprint density at radius 3 is 0.891 bits per heavy atom. The van der Waals surface area contributed by atoms with Crippen LogP contribution in [0.5, 0.6) is 0 Å². The standard InChI is InChI=1S/2C17H13ClFN5.2C17H15ClFN3/c1-17(2,23-24-20)16-14(10-5-3-6-11(19)9-10)22-15-12(18)7-4-8-13(15)21-16;1-17(2,23-24-20)16-14(10-5-3-6-11(19)9-10)21-13-8-4-7-12(18)15(13)22-16;1-17(2,20)16-14(10-5-3-6-11(19)9-10)22-15-12(18)7-4-8-13(15)21-16;1-17(2,20)16-14(10-5-3-6-11(19)9-10)21-13-8-4-7-12(18)15(13)22-16/h2*3-9H,1-2H3;2*3-9H,20H2,1-2H3. The van der Waals surface area contributed by atoms with Crippen molar-refractivity contribution >= 4 is 90.5 Å². The van der Waals surface area contributed by atoms with Crippen molar-refractivity contribution in [2.24, 2.45) is 21.7 Å². The van der Waals surface area contributed by atoms with Crippen LogP contribution in [0.25, 0.3) is 110 Å². The average Bonchev–Trinajstić information content (AvgIpc) is 0.795. The first-order valence-electron chi connectivity index (χ1n) is 28.2. The van der Waals surface area contributed by atoms with Gasteiger partial charge in [-0.2, -0.15) is 0 Å². The number of fused-ring (bicyclic) bond motifs is 4. The Hall–Kier alpha value is -9.46. The first-order chi connectivity index (χ1) is 43.6. The molecular weight excluding hydrogens is 1260 g/mol. The molecule has 8 aromatic carbocycles. The number of rotatable bonds is 10. The predicted octanol–water partition coefficient (Wildman–Crippen LogP) is 19.8. The van der Waals surface area contributed by atoms with E-state index in [9.17, 15) is 17.6 Å². The Balaban J connectivity index is 0.000000145. The molecule has 0 saturated heterocycles. The van der Waals surface area contributed by atoms with Crippen molar-refractivity contribution < 1.29 is 17.6 Å². The fourth-order valence-corrected chi connectivity index (χ4v) is 10.4. The number of azide groups is 2. The summed E-state index contributed by atoms with van der Waals surface area (Å²) < 4.78 is 54.4. The summed E-state index contributed by atoms with van der Waals surface area (Å²) in [6.45, 7) is 14.3. The van der Waals surface area contributed by atoms with Crippen LogP contribution in [0.2, 0.25) is 20.1 Å². The quantitative estimate of drug-likeness (QED) is 0.0567. The van der Waals surface area contributed by atoms with Gasteiger partial charge in [-0.3, -0.25) is 0 Å². The van der Waals surface area contributed by atoms with Crippen LogP contribution in [-0.4, -0.2) is 39.9 Å². The second kappa shape index (κ2) is 27.6. The van der Waals surface area contributed by atoms with Gasteiger partial charge in [0, 0.05) is 32.1 Å². The lowest BCUT2D eigenvalue weighted by atomic mass is 9.95. The summed E-state index contributed by atoms with van der Waals surface area (Å²) in [5.41, 5.74) is 38.0. The number of hydrogen-bond acceptors (Lipinski definition) is 12. The van der Waals surface area contributed by atoms with E-state index in [2.05, 4.69) is 59.9 Å². The summed E-state index contributed by atoms with van der Waals surface area (Å²) in [7, 11) is 0. The molecule has 12 aromatic rings. The first-order valence-corrected chi connectivity index (χ1v) is 29.7. The number of hydrogen-bond donors (Lipinski definition) is 2. The van der Waals surface area contributed by atoms with E-state index in [1.807, 2.05) is 52.0 Å². The van der Waals surface area contributed by atoms with Gasteiger partial charge in [-0.15, -0.1) is 0 Å². The molecule has 0 bridgehead atoms. The Kier molecular flexibility index (Phi) is 20.1. The van der Waals surface area contributed by atoms with Gasteiger partial charge in [0.1, 0.15) is 45.3 Å². The third-order valence-corrected chi connectivity index (χ3v) is 15.2. The molecule has 4 N–H and O–H groups in total. The van der Waals surface area contributed by atoms with Crippen molar-refractivity contribution in [2.75, 3.05) is 0 Å². The minimum atomic E-state index is -0.975. The Bertz CT molecular complexity index is 4890. The summed E-state index contributed by atoms with van der Waals surface area (Å²) in [5.74, 6) is -1.43. The highest BCUT2D eigenvalue weighted by atomic mass is 35.5. The van der Waals surface area contributed by atoms with Crippen LogP contribution in [-0.2, 0) is 22.2 Å². The zero-order valence-corrected chi connectivity index (χ0v) is 53.6. The lowest BCUT2D eigenvalue weighted by molar-refractivity contribution is 0.533. The summed E-state index contributed by atoms with van der Waals surface area (Å²) in [4.78, 5) is 42.6. The smallest absolute Gasteiger partial charge is 0.123 e. The van der Waals surface area contributed by atoms with Gasteiger partial charge in [0.2, 0.25) is 0 Å². The molecule has 0 aliphatic carbocycles. The Morgan fingerprint density at radius 1 is 0.337 bits per heavy atom. The minimum absolute atomic E-state index is 0.328. The fourth-order valence-electron chi connectivity index (χ4n) is 9.59. The van der Waals surface area contributed by atoms with Gasteiger partial charge in [-0.1, -0.05) is 129 Å². The molecular formula is C68H56Cl4F4N16. The van der Waals surface area contributed by atoms with E-state index in [0.29, 0.717) is 132 Å². The van der Waals surface area contributed by atoms with Crippen molar-refractivity contribution in [3.05, 3.63) is 257 Å². The summed E-state index contributed by atoms with van der Waals surface area (Å²) in [6.07, 6.45) is 0. The Morgan fingerprint density at radius 2 is 0.576 bits per heavy atom. The van der Waals surface area contributed by atoms with Crippen LogP contribution >= 0.6 is 46.4 Å². The average molecular weight is 1320 g/mol. The minimum Gasteiger partial charge on any atom is -0.321 e. The highest BCUT2D eigenvalue weighted by molar-refractivity contribution is 6.36. The summed E-state index contributed by atoms with van der Waals surface area (Å²) >= 11 is 24.8. The maximum atomic E-state index is 13.7. The number of aromatic nitrogens is 8. The number of nitrogens with zero attached hydrogens (tertiary/aromatic N) is 14.